The second-order valence-corrected chi connectivity index (χ2v) is 5.87. The van der Waals surface area contributed by atoms with Gasteiger partial charge >= 0.3 is 0 Å². The molecule has 3 N–H and O–H groups in total. The van der Waals surface area contributed by atoms with Gasteiger partial charge < -0.3 is 20.1 Å². The summed E-state index contributed by atoms with van der Waals surface area (Å²) >= 11 is 0. The molecule has 1 aliphatic carbocycles. The molecular weight excluding hydrogens is 266 g/mol. The van der Waals surface area contributed by atoms with Crippen LogP contribution in [0.4, 0.5) is 11.6 Å². The zero-order valence-corrected chi connectivity index (χ0v) is 12.5. The summed E-state index contributed by atoms with van der Waals surface area (Å²) in [5.41, 5.74) is 0.156. The molecule has 21 heavy (non-hydrogen) atoms. The molecule has 0 atom stereocenters. The Kier molecular flexibility index (Phi) is 3.96. The van der Waals surface area contributed by atoms with Crippen LogP contribution >= 0.6 is 0 Å². The van der Waals surface area contributed by atoms with Crippen LogP contribution in [-0.2, 0) is 0 Å². The maximum atomic E-state index is 10.7. The van der Waals surface area contributed by atoms with E-state index in [2.05, 4.69) is 20.6 Å². The molecule has 3 rings (SSSR count). The van der Waals surface area contributed by atoms with Crippen molar-refractivity contribution in [3.05, 3.63) is 18.6 Å². The van der Waals surface area contributed by atoms with Gasteiger partial charge in [0.2, 0.25) is 0 Å². The van der Waals surface area contributed by atoms with E-state index in [-0.39, 0.29) is 0 Å². The van der Waals surface area contributed by atoms with E-state index >= 15 is 0 Å². The van der Waals surface area contributed by atoms with Crippen LogP contribution in [0.25, 0.3) is 5.65 Å². The van der Waals surface area contributed by atoms with Crippen molar-refractivity contribution in [2.75, 3.05) is 24.2 Å². The zero-order chi connectivity index (χ0) is 14.7. The fourth-order valence-corrected chi connectivity index (χ4v) is 2.98. The number of imidazole rings is 1. The van der Waals surface area contributed by atoms with E-state index in [1.165, 1.54) is 12.8 Å². The normalized spacial score (nSPS) is 18.4. The molecule has 0 radical (unpaired) electrons. The number of nitrogens with one attached hydrogen (secondary N) is 2. The summed E-state index contributed by atoms with van der Waals surface area (Å²) in [4.78, 5) is 8.84. The fraction of sp³-hybridized carbons (Fsp3) is 0.600. The Labute approximate surface area is 124 Å². The molecule has 2 heterocycles. The molecule has 1 saturated carbocycles. The molecule has 0 aromatic carbocycles. The van der Waals surface area contributed by atoms with Gasteiger partial charge in [-0.25, -0.2) is 9.97 Å². The summed E-state index contributed by atoms with van der Waals surface area (Å²) in [5, 5.41) is 17.1. The Bertz CT molecular complexity index is 601. The summed E-state index contributed by atoms with van der Waals surface area (Å²) in [6, 6.07) is 0. The maximum absolute atomic E-state index is 10.7. The summed E-state index contributed by atoms with van der Waals surface area (Å²) in [6.07, 6.45) is 11.9. The molecule has 0 amide bonds. The van der Waals surface area contributed by atoms with Gasteiger partial charge in [0.1, 0.15) is 5.82 Å². The minimum atomic E-state index is -0.628. The van der Waals surface area contributed by atoms with Gasteiger partial charge in [0.05, 0.1) is 11.8 Å². The molecule has 1 aliphatic rings. The molecule has 0 spiro atoms. The highest BCUT2D eigenvalue weighted by Gasteiger charge is 2.28. The first-order valence-electron chi connectivity index (χ1n) is 7.68. The number of aromatic nitrogens is 3. The van der Waals surface area contributed by atoms with E-state index in [1.54, 1.807) is 6.20 Å². The highest BCUT2D eigenvalue weighted by Crippen LogP contribution is 2.27. The third-order valence-corrected chi connectivity index (χ3v) is 4.25. The largest absolute Gasteiger partial charge is 0.388 e. The Morgan fingerprint density at radius 2 is 2.05 bits per heavy atom. The predicted molar refractivity (Wildman–Crippen MR) is 83.7 cm³/mol. The number of anilines is 2. The Hall–Kier alpha value is -1.82. The predicted octanol–water partition coefficient (Wildman–Crippen LogP) is 2.27. The van der Waals surface area contributed by atoms with E-state index < -0.39 is 5.60 Å². The first-order chi connectivity index (χ1) is 10.2. The van der Waals surface area contributed by atoms with Gasteiger partial charge in [-0.2, -0.15) is 0 Å². The van der Waals surface area contributed by atoms with Crippen LogP contribution in [0.1, 0.15) is 38.5 Å². The van der Waals surface area contributed by atoms with E-state index in [0.29, 0.717) is 12.4 Å². The molecule has 114 valence electrons. The van der Waals surface area contributed by atoms with E-state index in [0.717, 1.165) is 37.1 Å². The number of rotatable bonds is 4. The van der Waals surface area contributed by atoms with Crippen LogP contribution in [-0.4, -0.2) is 38.7 Å². The van der Waals surface area contributed by atoms with Gasteiger partial charge in [0.15, 0.2) is 11.5 Å². The number of fused-ring (bicyclic) bond motifs is 1. The lowest BCUT2D eigenvalue weighted by molar-refractivity contribution is 0.0381. The van der Waals surface area contributed by atoms with Crippen LogP contribution in [0.3, 0.4) is 0 Å². The highest BCUT2D eigenvalue weighted by molar-refractivity contribution is 5.65. The SMILES string of the molecule is CNc1cn2ccnc2c(NCC2(O)CCCCCC2)n1. The molecule has 0 saturated heterocycles. The van der Waals surface area contributed by atoms with Crippen molar-refractivity contribution in [1.29, 1.82) is 0 Å². The molecule has 1 fully saturated rings. The third-order valence-electron chi connectivity index (χ3n) is 4.25. The number of nitrogens with zero attached hydrogens (tertiary/aromatic N) is 3. The Balaban J connectivity index is 1.79. The van der Waals surface area contributed by atoms with E-state index in [4.69, 9.17) is 0 Å². The topological polar surface area (TPSA) is 74.5 Å². The lowest BCUT2D eigenvalue weighted by Gasteiger charge is -2.27. The van der Waals surface area contributed by atoms with Crippen molar-refractivity contribution in [2.24, 2.45) is 0 Å². The molecule has 6 nitrogen and oxygen atoms in total. The smallest absolute Gasteiger partial charge is 0.180 e. The fourth-order valence-electron chi connectivity index (χ4n) is 2.98. The lowest BCUT2D eigenvalue weighted by Crippen LogP contribution is -2.36. The molecule has 0 bridgehead atoms. The number of aliphatic hydroxyl groups is 1. The average molecular weight is 289 g/mol. The summed E-state index contributed by atoms with van der Waals surface area (Å²) < 4.78 is 1.93. The Morgan fingerprint density at radius 3 is 2.76 bits per heavy atom. The highest BCUT2D eigenvalue weighted by atomic mass is 16.3. The number of hydrogen-bond acceptors (Lipinski definition) is 5. The second-order valence-electron chi connectivity index (χ2n) is 5.87. The Morgan fingerprint density at radius 1 is 1.29 bits per heavy atom. The lowest BCUT2D eigenvalue weighted by atomic mass is 9.94. The van der Waals surface area contributed by atoms with Crippen molar-refractivity contribution in [1.82, 2.24) is 14.4 Å². The summed E-state index contributed by atoms with van der Waals surface area (Å²) in [7, 11) is 1.84. The molecular formula is C15H23N5O. The van der Waals surface area contributed by atoms with Crippen LogP contribution < -0.4 is 10.6 Å². The van der Waals surface area contributed by atoms with E-state index in [9.17, 15) is 5.11 Å². The van der Waals surface area contributed by atoms with Crippen molar-refractivity contribution in [3.63, 3.8) is 0 Å². The zero-order valence-electron chi connectivity index (χ0n) is 12.5. The second kappa shape index (κ2) is 5.89. The van der Waals surface area contributed by atoms with Gasteiger partial charge in [0, 0.05) is 26.0 Å². The van der Waals surface area contributed by atoms with Crippen molar-refractivity contribution in [2.45, 2.75) is 44.1 Å². The monoisotopic (exact) mass is 289 g/mol. The number of hydrogen-bond donors (Lipinski definition) is 3. The minimum absolute atomic E-state index is 0.523. The van der Waals surface area contributed by atoms with Crippen LogP contribution in [0.5, 0.6) is 0 Å². The maximum Gasteiger partial charge on any atom is 0.180 e. The molecule has 0 aliphatic heterocycles. The summed E-state index contributed by atoms with van der Waals surface area (Å²) in [6.45, 7) is 0.523. The van der Waals surface area contributed by atoms with Crippen molar-refractivity contribution >= 4 is 17.3 Å². The average Bonchev–Trinajstić information content (AvgIpc) is 2.86. The standard InChI is InChI=1S/C15H23N5O/c1-16-12-10-20-9-8-17-14(20)13(19-12)18-11-15(21)6-4-2-3-5-7-15/h8-10,16,21H,2-7,11H2,1H3,(H,18,19). The van der Waals surface area contributed by atoms with Crippen molar-refractivity contribution < 1.29 is 5.11 Å². The minimum Gasteiger partial charge on any atom is -0.388 e. The van der Waals surface area contributed by atoms with Crippen LogP contribution in [0, 0.1) is 0 Å². The van der Waals surface area contributed by atoms with Gasteiger partial charge in [-0.3, -0.25) is 0 Å². The van der Waals surface area contributed by atoms with Gasteiger partial charge in [-0.15, -0.1) is 0 Å². The van der Waals surface area contributed by atoms with Gasteiger partial charge in [-0.1, -0.05) is 25.7 Å². The van der Waals surface area contributed by atoms with Crippen molar-refractivity contribution in [3.8, 4) is 0 Å². The molecule has 2 aromatic heterocycles. The summed E-state index contributed by atoms with van der Waals surface area (Å²) in [5.74, 6) is 1.49. The molecule has 2 aromatic rings. The van der Waals surface area contributed by atoms with Crippen LogP contribution in [0.15, 0.2) is 18.6 Å². The van der Waals surface area contributed by atoms with E-state index in [1.807, 2.05) is 23.8 Å². The van der Waals surface area contributed by atoms with Gasteiger partial charge in [0.25, 0.3) is 0 Å². The first-order valence-corrected chi connectivity index (χ1v) is 7.68. The molecule has 6 heteroatoms. The molecule has 0 unspecified atom stereocenters. The third kappa shape index (κ3) is 3.10. The van der Waals surface area contributed by atoms with Gasteiger partial charge in [-0.05, 0) is 12.8 Å². The van der Waals surface area contributed by atoms with Crippen LogP contribution in [0.2, 0.25) is 0 Å². The quantitative estimate of drug-likeness (QED) is 0.753. The first kappa shape index (κ1) is 14.1.